The van der Waals surface area contributed by atoms with E-state index in [0.717, 1.165) is 6.07 Å². The average molecular weight is 267 g/mol. The standard InChI is InChI=1S/C12H8ClFN2O2/c13-11-6-8(14)5-10(12(11)15)7-2-1-3-9(4-7)16(17)18/h1-6H,15H2. The van der Waals surface area contributed by atoms with Crippen LogP contribution in [0.2, 0.25) is 5.02 Å². The summed E-state index contributed by atoms with van der Waals surface area (Å²) in [6.07, 6.45) is 0. The highest BCUT2D eigenvalue weighted by molar-refractivity contribution is 6.33. The topological polar surface area (TPSA) is 69.2 Å². The van der Waals surface area contributed by atoms with Gasteiger partial charge in [-0.2, -0.15) is 0 Å². The van der Waals surface area contributed by atoms with Crippen LogP contribution in [0.4, 0.5) is 15.8 Å². The van der Waals surface area contributed by atoms with Crippen LogP contribution in [0.5, 0.6) is 0 Å². The van der Waals surface area contributed by atoms with Crippen LogP contribution in [0, 0.1) is 15.9 Å². The van der Waals surface area contributed by atoms with Gasteiger partial charge in [0.25, 0.3) is 5.69 Å². The molecule has 0 unspecified atom stereocenters. The van der Waals surface area contributed by atoms with Gasteiger partial charge in [0.1, 0.15) is 5.82 Å². The van der Waals surface area contributed by atoms with Crippen molar-refractivity contribution in [2.45, 2.75) is 0 Å². The highest BCUT2D eigenvalue weighted by Crippen LogP contribution is 2.33. The minimum atomic E-state index is -0.546. The van der Waals surface area contributed by atoms with Gasteiger partial charge in [0, 0.05) is 17.7 Å². The molecule has 2 aromatic rings. The van der Waals surface area contributed by atoms with Gasteiger partial charge in [0.2, 0.25) is 0 Å². The lowest BCUT2D eigenvalue weighted by Gasteiger charge is -2.07. The monoisotopic (exact) mass is 266 g/mol. The Morgan fingerprint density at radius 2 is 2.00 bits per heavy atom. The van der Waals surface area contributed by atoms with Crippen molar-refractivity contribution >= 4 is 23.0 Å². The SMILES string of the molecule is Nc1c(Cl)cc(F)cc1-c1cccc([N+](=O)[O-])c1. The highest BCUT2D eigenvalue weighted by Gasteiger charge is 2.12. The molecule has 2 aromatic carbocycles. The van der Waals surface area contributed by atoms with Gasteiger partial charge in [0.15, 0.2) is 0 Å². The predicted octanol–water partition coefficient (Wildman–Crippen LogP) is 3.64. The number of hydrogen-bond acceptors (Lipinski definition) is 3. The van der Waals surface area contributed by atoms with Gasteiger partial charge in [-0.15, -0.1) is 0 Å². The third kappa shape index (κ3) is 2.26. The van der Waals surface area contributed by atoms with Gasteiger partial charge in [-0.3, -0.25) is 10.1 Å². The van der Waals surface area contributed by atoms with Crippen LogP contribution in [-0.2, 0) is 0 Å². The number of non-ortho nitro benzene ring substituents is 1. The second-order valence-electron chi connectivity index (χ2n) is 3.66. The van der Waals surface area contributed by atoms with E-state index in [1.54, 1.807) is 6.07 Å². The Morgan fingerprint density at radius 1 is 1.28 bits per heavy atom. The molecule has 0 aromatic heterocycles. The van der Waals surface area contributed by atoms with Crippen LogP contribution in [0.25, 0.3) is 11.1 Å². The van der Waals surface area contributed by atoms with E-state index >= 15 is 0 Å². The second kappa shape index (κ2) is 4.62. The zero-order valence-electron chi connectivity index (χ0n) is 9.06. The minimum Gasteiger partial charge on any atom is -0.397 e. The van der Waals surface area contributed by atoms with Crippen LogP contribution >= 0.6 is 11.6 Å². The van der Waals surface area contributed by atoms with Crippen molar-refractivity contribution < 1.29 is 9.31 Å². The fraction of sp³-hybridized carbons (Fsp3) is 0. The number of nitrogens with two attached hydrogens (primary N) is 1. The van der Waals surface area contributed by atoms with Crippen molar-refractivity contribution in [2.75, 3.05) is 5.73 Å². The van der Waals surface area contributed by atoms with E-state index in [2.05, 4.69) is 0 Å². The van der Waals surface area contributed by atoms with E-state index in [-0.39, 0.29) is 16.4 Å². The first-order valence-corrected chi connectivity index (χ1v) is 5.36. The Kier molecular flexibility index (Phi) is 3.16. The van der Waals surface area contributed by atoms with Crippen molar-refractivity contribution in [3.05, 3.63) is 57.4 Å². The van der Waals surface area contributed by atoms with Crippen molar-refractivity contribution in [3.63, 3.8) is 0 Å². The molecular weight excluding hydrogens is 259 g/mol. The van der Waals surface area contributed by atoms with E-state index < -0.39 is 10.7 Å². The number of nitro groups is 1. The molecule has 0 heterocycles. The van der Waals surface area contributed by atoms with Crippen LogP contribution < -0.4 is 5.73 Å². The summed E-state index contributed by atoms with van der Waals surface area (Å²) < 4.78 is 13.3. The quantitative estimate of drug-likeness (QED) is 0.512. The summed E-state index contributed by atoms with van der Waals surface area (Å²) in [5.41, 5.74) is 6.63. The molecule has 0 aliphatic heterocycles. The lowest BCUT2D eigenvalue weighted by Crippen LogP contribution is -1.94. The minimum absolute atomic E-state index is 0.0801. The maximum absolute atomic E-state index is 13.3. The van der Waals surface area contributed by atoms with Crippen molar-refractivity contribution in [3.8, 4) is 11.1 Å². The van der Waals surface area contributed by atoms with Crippen LogP contribution in [0.3, 0.4) is 0 Å². The van der Waals surface area contributed by atoms with E-state index in [4.69, 9.17) is 17.3 Å². The number of anilines is 1. The third-order valence-corrected chi connectivity index (χ3v) is 2.77. The summed E-state index contributed by atoms with van der Waals surface area (Å²) in [6, 6.07) is 8.07. The lowest BCUT2D eigenvalue weighted by molar-refractivity contribution is -0.384. The molecule has 2 rings (SSSR count). The molecule has 0 spiro atoms. The van der Waals surface area contributed by atoms with E-state index in [1.165, 1.54) is 24.3 Å². The first kappa shape index (κ1) is 12.3. The van der Waals surface area contributed by atoms with Crippen molar-refractivity contribution in [1.82, 2.24) is 0 Å². The summed E-state index contributed by atoms with van der Waals surface area (Å²) >= 11 is 5.77. The fourth-order valence-corrected chi connectivity index (χ4v) is 1.82. The molecule has 0 aliphatic rings. The summed E-state index contributed by atoms with van der Waals surface area (Å²) in [5.74, 6) is -0.546. The van der Waals surface area contributed by atoms with Gasteiger partial charge in [-0.1, -0.05) is 23.7 Å². The normalized spacial score (nSPS) is 10.3. The molecule has 92 valence electrons. The number of nitrogen functional groups attached to an aromatic ring is 1. The van der Waals surface area contributed by atoms with Crippen molar-refractivity contribution in [1.29, 1.82) is 0 Å². The zero-order chi connectivity index (χ0) is 13.3. The Balaban J connectivity index is 2.62. The van der Waals surface area contributed by atoms with Crippen LogP contribution in [0.15, 0.2) is 36.4 Å². The molecule has 0 aliphatic carbocycles. The Labute approximate surface area is 107 Å². The maximum atomic E-state index is 13.3. The second-order valence-corrected chi connectivity index (χ2v) is 4.06. The zero-order valence-corrected chi connectivity index (χ0v) is 9.82. The molecule has 0 atom stereocenters. The van der Waals surface area contributed by atoms with Crippen molar-refractivity contribution in [2.24, 2.45) is 0 Å². The molecule has 0 saturated carbocycles. The first-order chi connectivity index (χ1) is 8.49. The van der Waals surface area contributed by atoms with E-state index in [9.17, 15) is 14.5 Å². The van der Waals surface area contributed by atoms with Gasteiger partial charge in [0.05, 0.1) is 15.6 Å². The molecule has 0 bridgehead atoms. The predicted molar refractivity (Wildman–Crippen MR) is 67.9 cm³/mol. The number of halogens is 2. The Bertz CT molecular complexity index is 631. The summed E-state index contributed by atoms with van der Waals surface area (Å²) in [5, 5.41) is 10.8. The Morgan fingerprint density at radius 3 is 2.67 bits per heavy atom. The molecule has 6 heteroatoms. The summed E-state index contributed by atoms with van der Waals surface area (Å²) in [7, 11) is 0. The highest BCUT2D eigenvalue weighted by atomic mass is 35.5. The number of rotatable bonds is 2. The smallest absolute Gasteiger partial charge is 0.270 e. The number of nitro benzene ring substituents is 1. The fourth-order valence-electron chi connectivity index (χ4n) is 1.61. The summed E-state index contributed by atoms with van der Waals surface area (Å²) in [4.78, 5) is 10.2. The maximum Gasteiger partial charge on any atom is 0.270 e. The number of hydrogen-bond donors (Lipinski definition) is 1. The molecule has 0 radical (unpaired) electrons. The molecule has 0 fully saturated rings. The Hall–Kier alpha value is -2.14. The van der Waals surface area contributed by atoms with Gasteiger partial charge in [-0.05, 0) is 17.7 Å². The molecule has 2 N–H and O–H groups in total. The number of nitrogens with zero attached hydrogens (tertiary/aromatic N) is 1. The molecule has 18 heavy (non-hydrogen) atoms. The van der Waals surface area contributed by atoms with E-state index in [0.29, 0.717) is 11.1 Å². The summed E-state index contributed by atoms with van der Waals surface area (Å²) in [6.45, 7) is 0. The number of benzene rings is 2. The molecule has 0 saturated heterocycles. The molecule has 0 amide bonds. The molecular formula is C12H8ClFN2O2. The van der Waals surface area contributed by atoms with E-state index in [1.807, 2.05) is 0 Å². The third-order valence-electron chi connectivity index (χ3n) is 2.46. The van der Waals surface area contributed by atoms with Crippen LogP contribution in [0.1, 0.15) is 0 Å². The van der Waals surface area contributed by atoms with Gasteiger partial charge < -0.3 is 5.73 Å². The van der Waals surface area contributed by atoms with Crippen LogP contribution in [-0.4, -0.2) is 4.92 Å². The van der Waals surface area contributed by atoms with Gasteiger partial charge in [-0.25, -0.2) is 4.39 Å². The van der Waals surface area contributed by atoms with Gasteiger partial charge >= 0.3 is 0 Å². The molecule has 4 nitrogen and oxygen atoms in total. The lowest BCUT2D eigenvalue weighted by atomic mass is 10.0. The first-order valence-electron chi connectivity index (χ1n) is 4.98. The largest absolute Gasteiger partial charge is 0.397 e. The average Bonchev–Trinajstić information content (AvgIpc) is 2.34.